The molecule has 2 amide bonds. The Morgan fingerprint density at radius 2 is 1.60 bits per heavy atom. The van der Waals surface area contributed by atoms with Gasteiger partial charge in [0, 0.05) is 23.9 Å². The first-order valence-electron chi connectivity index (χ1n) is 11.3. The van der Waals surface area contributed by atoms with E-state index in [2.05, 4.69) is 5.32 Å². The van der Waals surface area contributed by atoms with Crippen molar-refractivity contribution in [1.82, 2.24) is 0 Å². The molecular formula is C28H26N2O5. The van der Waals surface area contributed by atoms with Crippen LogP contribution >= 0.6 is 0 Å². The summed E-state index contributed by atoms with van der Waals surface area (Å²) in [5, 5.41) is 13.9. The van der Waals surface area contributed by atoms with Crippen molar-refractivity contribution < 1.29 is 24.2 Å². The van der Waals surface area contributed by atoms with E-state index in [1.807, 2.05) is 31.2 Å². The van der Waals surface area contributed by atoms with E-state index >= 15 is 0 Å². The second-order valence-corrected chi connectivity index (χ2v) is 8.22. The fourth-order valence-electron chi connectivity index (χ4n) is 4.16. The van der Waals surface area contributed by atoms with Crippen molar-refractivity contribution in [2.24, 2.45) is 0 Å². The second kappa shape index (κ2) is 9.85. The zero-order valence-electron chi connectivity index (χ0n) is 19.7. The van der Waals surface area contributed by atoms with E-state index in [1.165, 1.54) is 18.9 Å². The van der Waals surface area contributed by atoms with E-state index < -0.39 is 17.7 Å². The Balaban J connectivity index is 1.85. The minimum atomic E-state index is -0.824. The summed E-state index contributed by atoms with van der Waals surface area (Å²) < 4.78 is 5.18. The largest absolute Gasteiger partial charge is 0.507 e. The Morgan fingerprint density at radius 1 is 0.971 bits per heavy atom. The van der Waals surface area contributed by atoms with E-state index in [0.29, 0.717) is 28.3 Å². The molecule has 1 saturated heterocycles. The molecule has 1 unspecified atom stereocenters. The molecular weight excluding hydrogens is 444 g/mol. The van der Waals surface area contributed by atoms with Gasteiger partial charge in [-0.2, -0.15) is 0 Å². The Labute approximate surface area is 203 Å². The number of aryl methyl sites for hydroxylation is 1. The summed E-state index contributed by atoms with van der Waals surface area (Å²) in [7, 11) is 1.54. The average molecular weight is 471 g/mol. The molecule has 0 radical (unpaired) electrons. The third-order valence-corrected chi connectivity index (χ3v) is 5.98. The van der Waals surface area contributed by atoms with Gasteiger partial charge in [-0.05, 0) is 66.1 Å². The number of aliphatic hydroxyl groups is 1. The third-order valence-electron chi connectivity index (χ3n) is 5.98. The van der Waals surface area contributed by atoms with E-state index in [9.17, 15) is 19.5 Å². The van der Waals surface area contributed by atoms with Gasteiger partial charge in [-0.15, -0.1) is 0 Å². The van der Waals surface area contributed by atoms with E-state index in [-0.39, 0.29) is 17.2 Å². The lowest BCUT2D eigenvalue weighted by Crippen LogP contribution is -2.29. The number of anilines is 2. The molecule has 1 aliphatic rings. The van der Waals surface area contributed by atoms with Gasteiger partial charge in [-0.25, -0.2) is 0 Å². The van der Waals surface area contributed by atoms with Crippen LogP contribution in [0.5, 0.6) is 5.75 Å². The van der Waals surface area contributed by atoms with Gasteiger partial charge < -0.3 is 15.2 Å². The van der Waals surface area contributed by atoms with Gasteiger partial charge in [0.05, 0.1) is 18.7 Å². The number of carbonyl (C=O) groups is 3. The predicted octanol–water partition coefficient (Wildman–Crippen LogP) is 4.84. The molecule has 2 N–H and O–H groups in total. The summed E-state index contributed by atoms with van der Waals surface area (Å²) in [6.07, 6.45) is 0.844. The van der Waals surface area contributed by atoms with Gasteiger partial charge in [0.2, 0.25) is 5.91 Å². The minimum Gasteiger partial charge on any atom is -0.507 e. The molecule has 1 atom stereocenters. The molecule has 4 rings (SSSR count). The zero-order valence-corrected chi connectivity index (χ0v) is 19.7. The number of aliphatic hydroxyl groups excluding tert-OH is 1. The molecule has 7 heteroatoms. The molecule has 7 nitrogen and oxygen atoms in total. The molecule has 0 bridgehead atoms. The maximum absolute atomic E-state index is 13.3. The van der Waals surface area contributed by atoms with Crippen LogP contribution in [0.4, 0.5) is 11.4 Å². The van der Waals surface area contributed by atoms with Gasteiger partial charge >= 0.3 is 0 Å². The highest BCUT2D eigenvalue weighted by atomic mass is 16.5. The number of carbonyl (C=O) groups excluding carboxylic acids is 3. The molecule has 1 fully saturated rings. The van der Waals surface area contributed by atoms with E-state index in [1.54, 1.807) is 48.5 Å². The van der Waals surface area contributed by atoms with Crippen LogP contribution < -0.4 is 15.0 Å². The van der Waals surface area contributed by atoms with Crippen LogP contribution in [-0.4, -0.2) is 29.8 Å². The molecule has 3 aromatic carbocycles. The Morgan fingerprint density at radius 3 is 2.14 bits per heavy atom. The smallest absolute Gasteiger partial charge is 0.300 e. The molecule has 1 aliphatic heterocycles. The van der Waals surface area contributed by atoms with Crippen molar-refractivity contribution in [2.75, 3.05) is 17.3 Å². The van der Waals surface area contributed by atoms with Gasteiger partial charge in [0.1, 0.15) is 11.5 Å². The van der Waals surface area contributed by atoms with Crippen molar-refractivity contribution in [1.29, 1.82) is 0 Å². The maximum Gasteiger partial charge on any atom is 0.300 e. The predicted molar refractivity (Wildman–Crippen MR) is 134 cm³/mol. The lowest BCUT2D eigenvalue weighted by Gasteiger charge is -2.26. The fourth-order valence-corrected chi connectivity index (χ4v) is 4.16. The first kappa shape index (κ1) is 23.8. The number of nitrogens with zero attached hydrogens (tertiary/aromatic N) is 1. The number of hydrogen-bond donors (Lipinski definition) is 2. The first-order valence-corrected chi connectivity index (χ1v) is 11.3. The minimum absolute atomic E-state index is 0.00959. The maximum atomic E-state index is 13.3. The topological polar surface area (TPSA) is 95.9 Å². The fraction of sp³-hybridized carbons (Fsp3) is 0.179. The highest BCUT2D eigenvalue weighted by Gasteiger charge is 2.46. The standard InChI is InChI=1S/C28H26N2O5/c1-4-18-5-7-19(8-6-18)25-24(26(32)20-9-15-23(35-3)16-10-20)27(33)28(34)30(25)22-13-11-21(12-14-22)29-17(2)31/h5-16,25,32H,4H2,1-3H3,(H,29,31)/b26-24+. The molecule has 0 saturated carbocycles. The molecule has 1 heterocycles. The number of ketones is 1. The molecule has 0 aliphatic carbocycles. The van der Waals surface area contributed by atoms with E-state index in [4.69, 9.17) is 4.74 Å². The highest BCUT2D eigenvalue weighted by Crippen LogP contribution is 2.42. The van der Waals surface area contributed by atoms with Crippen LogP contribution in [0.3, 0.4) is 0 Å². The van der Waals surface area contributed by atoms with Gasteiger partial charge in [-0.3, -0.25) is 19.3 Å². The number of Topliss-reactive ketones (excluding diaryl/α,β-unsaturated/α-hetero) is 1. The van der Waals surface area contributed by atoms with E-state index in [0.717, 1.165) is 12.0 Å². The number of hydrogen-bond acceptors (Lipinski definition) is 5. The number of ether oxygens (including phenoxy) is 1. The quantitative estimate of drug-likeness (QED) is 0.305. The van der Waals surface area contributed by atoms with Crippen molar-refractivity contribution in [3.05, 3.63) is 95.1 Å². The monoisotopic (exact) mass is 470 g/mol. The molecule has 35 heavy (non-hydrogen) atoms. The highest BCUT2D eigenvalue weighted by molar-refractivity contribution is 6.51. The first-order chi connectivity index (χ1) is 16.8. The van der Waals surface area contributed by atoms with Gasteiger partial charge in [-0.1, -0.05) is 31.2 Å². The van der Waals surface area contributed by atoms with Crippen molar-refractivity contribution in [3.63, 3.8) is 0 Å². The Bertz CT molecular complexity index is 1290. The average Bonchev–Trinajstić information content (AvgIpc) is 3.14. The van der Waals surface area contributed by atoms with Crippen LogP contribution in [0.15, 0.2) is 78.4 Å². The van der Waals surface area contributed by atoms with Crippen LogP contribution in [0, 0.1) is 0 Å². The number of methoxy groups -OCH3 is 1. The molecule has 3 aromatic rings. The third kappa shape index (κ3) is 4.66. The lowest BCUT2D eigenvalue weighted by molar-refractivity contribution is -0.132. The summed E-state index contributed by atoms with van der Waals surface area (Å²) >= 11 is 0. The number of benzene rings is 3. The normalized spacial score (nSPS) is 16.9. The van der Waals surface area contributed by atoms with Crippen LogP contribution in [0.25, 0.3) is 5.76 Å². The van der Waals surface area contributed by atoms with Gasteiger partial charge in [0.15, 0.2) is 0 Å². The van der Waals surface area contributed by atoms with Crippen LogP contribution in [0.2, 0.25) is 0 Å². The summed E-state index contributed by atoms with van der Waals surface area (Å²) in [5.74, 6) is -1.37. The number of rotatable bonds is 6. The summed E-state index contributed by atoms with van der Waals surface area (Å²) in [4.78, 5) is 39.3. The molecule has 0 spiro atoms. The Kier molecular flexibility index (Phi) is 6.68. The molecule has 178 valence electrons. The zero-order chi connectivity index (χ0) is 25.1. The van der Waals surface area contributed by atoms with Gasteiger partial charge in [0.25, 0.3) is 11.7 Å². The molecule has 0 aromatic heterocycles. The van der Waals surface area contributed by atoms with Crippen molar-refractivity contribution in [2.45, 2.75) is 26.3 Å². The van der Waals surface area contributed by atoms with Crippen LogP contribution in [-0.2, 0) is 20.8 Å². The van der Waals surface area contributed by atoms with Crippen LogP contribution in [0.1, 0.15) is 36.6 Å². The lowest BCUT2D eigenvalue weighted by atomic mass is 9.94. The number of nitrogens with one attached hydrogen (secondary N) is 1. The summed E-state index contributed by atoms with van der Waals surface area (Å²) in [6.45, 7) is 3.45. The Hall–Kier alpha value is -4.39. The summed E-state index contributed by atoms with van der Waals surface area (Å²) in [5.41, 5.74) is 3.26. The summed E-state index contributed by atoms with van der Waals surface area (Å²) in [6, 6.07) is 20.1. The SMILES string of the molecule is CCc1ccc(C2/C(=C(\O)c3ccc(OC)cc3)C(=O)C(=O)N2c2ccc(NC(C)=O)cc2)cc1. The van der Waals surface area contributed by atoms with Crippen molar-refractivity contribution in [3.8, 4) is 5.75 Å². The second-order valence-electron chi connectivity index (χ2n) is 8.22. The van der Waals surface area contributed by atoms with Crippen molar-refractivity contribution >= 4 is 34.7 Å². The number of amides is 2.